The molecule has 7 nitrogen and oxygen atoms in total. The molecule has 0 saturated carbocycles. The third-order valence-corrected chi connectivity index (χ3v) is 9.30. The summed E-state index contributed by atoms with van der Waals surface area (Å²) in [5.41, 5.74) is 5.15. The highest BCUT2D eigenvalue weighted by Gasteiger charge is 2.33. The molecule has 0 amide bonds. The average Bonchev–Trinajstić information content (AvgIpc) is 3.37. The van der Waals surface area contributed by atoms with Crippen LogP contribution in [0.15, 0.2) is 60.1 Å². The number of nitrogens with zero attached hydrogens (tertiary/aromatic N) is 1. The largest absolute Gasteiger partial charge is 0.493 e. The molecule has 0 bridgehead atoms. The van der Waals surface area contributed by atoms with Crippen molar-refractivity contribution >= 4 is 39.2 Å². The summed E-state index contributed by atoms with van der Waals surface area (Å²) in [6, 6.07) is 16.0. The Labute approximate surface area is 253 Å². The highest BCUT2D eigenvalue weighted by atomic mass is 32.2. The number of pyridine rings is 1. The van der Waals surface area contributed by atoms with Crippen LogP contribution in [0.3, 0.4) is 0 Å². The van der Waals surface area contributed by atoms with E-state index in [1.165, 1.54) is 16.5 Å². The first-order chi connectivity index (χ1) is 20.2. The quantitative estimate of drug-likeness (QED) is 0.138. The van der Waals surface area contributed by atoms with Crippen molar-refractivity contribution < 1.29 is 29.6 Å². The third kappa shape index (κ3) is 7.44. The summed E-state index contributed by atoms with van der Waals surface area (Å²) in [7, 11) is 0. The van der Waals surface area contributed by atoms with Crippen LogP contribution in [-0.2, 0) is 11.4 Å². The molecular weight excluding hydrogens is 570 g/mol. The average molecular weight is 604 g/mol. The highest BCUT2D eigenvalue weighted by molar-refractivity contribution is 8.00. The number of carboxylic acids is 1. The van der Waals surface area contributed by atoms with Gasteiger partial charge in [0, 0.05) is 34.3 Å². The van der Waals surface area contributed by atoms with Gasteiger partial charge < -0.3 is 24.8 Å². The monoisotopic (exact) mass is 603 g/mol. The van der Waals surface area contributed by atoms with Gasteiger partial charge in [-0.25, -0.2) is 4.98 Å². The first kappa shape index (κ1) is 29.9. The SMILES string of the molecule is CC#C[C@@H](CC(=O)O)c1ccc(OCc2ccc3scc(-c4ccc(OCC5CCSC(O)(O)C5)cc4C)c3c2)nc1. The molecule has 0 aliphatic carbocycles. The van der Waals surface area contributed by atoms with Gasteiger partial charge in [0.1, 0.15) is 12.4 Å². The van der Waals surface area contributed by atoms with E-state index in [0.29, 0.717) is 31.3 Å². The van der Waals surface area contributed by atoms with E-state index in [0.717, 1.165) is 45.4 Å². The summed E-state index contributed by atoms with van der Waals surface area (Å²) in [5.74, 6) is 6.49. The predicted octanol–water partition coefficient (Wildman–Crippen LogP) is 6.59. The van der Waals surface area contributed by atoms with E-state index in [4.69, 9.17) is 14.6 Å². The van der Waals surface area contributed by atoms with E-state index >= 15 is 0 Å². The second-order valence-corrected chi connectivity index (χ2v) is 12.7. The normalized spacial score (nSPS) is 16.8. The summed E-state index contributed by atoms with van der Waals surface area (Å²) < 4.78 is 13.2. The summed E-state index contributed by atoms with van der Waals surface area (Å²) in [4.78, 5) is 15.5. The lowest BCUT2D eigenvalue weighted by atomic mass is 9.98. The second kappa shape index (κ2) is 13.2. The van der Waals surface area contributed by atoms with Crippen molar-refractivity contribution in [2.45, 2.75) is 50.8 Å². The number of aryl methyl sites for hydroxylation is 1. The maximum Gasteiger partial charge on any atom is 0.304 e. The third-order valence-electron chi connectivity index (χ3n) is 7.27. The number of hydrogen-bond donors (Lipinski definition) is 3. The van der Waals surface area contributed by atoms with Crippen molar-refractivity contribution in [3.8, 4) is 34.6 Å². The standard InChI is InChI=1S/C33H33NO6S2/c1-3-4-24(15-32(35)36)25-6-10-31(34-17-25)40-18-22-5-9-30-28(14-22)29(20-41-30)27-8-7-26(13-21(27)2)39-19-23-11-12-42-33(37,38)16-23/h5-10,13-14,17,20,23-24,37-38H,11-12,15-16,18-19H2,1-2H3,(H,35,36)/t23?,24-/m0/s1. The molecule has 2 aromatic heterocycles. The van der Waals surface area contributed by atoms with Crippen LogP contribution in [0, 0.1) is 24.7 Å². The molecule has 1 aliphatic rings. The molecule has 1 saturated heterocycles. The fourth-order valence-corrected chi connectivity index (χ4v) is 7.20. The van der Waals surface area contributed by atoms with Crippen molar-refractivity contribution in [3.63, 3.8) is 0 Å². The number of ether oxygens (including phenoxy) is 2. The van der Waals surface area contributed by atoms with Crippen molar-refractivity contribution in [2.75, 3.05) is 12.4 Å². The highest BCUT2D eigenvalue weighted by Crippen LogP contribution is 2.38. The smallest absolute Gasteiger partial charge is 0.304 e. The number of benzene rings is 2. The zero-order valence-corrected chi connectivity index (χ0v) is 25.1. The predicted molar refractivity (Wildman–Crippen MR) is 167 cm³/mol. The molecule has 218 valence electrons. The zero-order chi connectivity index (χ0) is 29.7. The van der Waals surface area contributed by atoms with Gasteiger partial charge in [0.2, 0.25) is 11.0 Å². The van der Waals surface area contributed by atoms with Crippen LogP contribution < -0.4 is 9.47 Å². The van der Waals surface area contributed by atoms with Crippen molar-refractivity contribution in [2.24, 2.45) is 5.92 Å². The summed E-state index contributed by atoms with van der Waals surface area (Å²) in [6.07, 6.45) is 2.77. The Balaban J connectivity index is 1.25. The molecule has 0 radical (unpaired) electrons. The van der Waals surface area contributed by atoms with Crippen molar-refractivity contribution in [1.82, 2.24) is 4.98 Å². The van der Waals surface area contributed by atoms with Gasteiger partial charge in [-0.1, -0.05) is 35.9 Å². The molecule has 4 aromatic rings. The number of rotatable bonds is 10. The fourth-order valence-electron chi connectivity index (χ4n) is 5.13. The van der Waals surface area contributed by atoms with Gasteiger partial charge in [0.05, 0.1) is 18.9 Å². The Morgan fingerprint density at radius 1 is 1.14 bits per heavy atom. The van der Waals surface area contributed by atoms with Crippen LogP contribution in [0.1, 0.15) is 48.8 Å². The topological polar surface area (TPSA) is 109 Å². The fraction of sp³-hybridized carbons (Fsp3) is 0.333. The Morgan fingerprint density at radius 2 is 2.00 bits per heavy atom. The lowest BCUT2D eigenvalue weighted by Crippen LogP contribution is -2.34. The minimum atomic E-state index is -1.66. The lowest BCUT2D eigenvalue weighted by molar-refractivity contribution is -0.137. The van der Waals surface area contributed by atoms with Gasteiger partial charge in [-0.15, -0.1) is 17.3 Å². The molecule has 0 spiro atoms. The summed E-state index contributed by atoms with van der Waals surface area (Å²) in [5, 5.41) is 30.7. The Kier molecular flexibility index (Phi) is 9.39. The van der Waals surface area contributed by atoms with Crippen LogP contribution in [0.2, 0.25) is 0 Å². The molecular formula is C33H33NO6S2. The number of thiophene rings is 1. The van der Waals surface area contributed by atoms with E-state index in [2.05, 4.69) is 53.4 Å². The van der Waals surface area contributed by atoms with Gasteiger partial charge in [-0.3, -0.25) is 4.79 Å². The van der Waals surface area contributed by atoms with Crippen LogP contribution in [0.25, 0.3) is 21.2 Å². The molecule has 9 heteroatoms. The second-order valence-electron chi connectivity index (χ2n) is 10.5. The van der Waals surface area contributed by atoms with Gasteiger partial charge in [0.25, 0.3) is 0 Å². The minimum absolute atomic E-state index is 0.0729. The maximum atomic E-state index is 11.2. The van der Waals surface area contributed by atoms with Crippen LogP contribution in [-0.4, -0.2) is 43.8 Å². The number of thioether (sulfide) groups is 1. The first-order valence-corrected chi connectivity index (χ1v) is 15.6. The van der Waals surface area contributed by atoms with Crippen LogP contribution in [0.4, 0.5) is 0 Å². The molecule has 1 unspecified atom stereocenters. The van der Waals surface area contributed by atoms with Crippen molar-refractivity contribution in [3.05, 3.63) is 76.8 Å². The molecule has 1 fully saturated rings. The number of carbonyl (C=O) groups is 1. The number of aromatic nitrogens is 1. The molecule has 5 rings (SSSR count). The minimum Gasteiger partial charge on any atom is -0.493 e. The Morgan fingerprint density at radius 3 is 2.71 bits per heavy atom. The van der Waals surface area contributed by atoms with E-state index in [1.807, 2.05) is 18.2 Å². The number of aliphatic carboxylic acids is 1. The first-order valence-electron chi connectivity index (χ1n) is 13.8. The van der Waals surface area contributed by atoms with E-state index in [9.17, 15) is 15.0 Å². The number of fused-ring (bicyclic) bond motifs is 1. The van der Waals surface area contributed by atoms with Gasteiger partial charge in [-0.05, 0) is 83.8 Å². The van der Waals surface area contributed by atoms with Crippen LogP contribution in [0.5, 0.6) is 11.6 Å². The van der Waals surface area contributed by atoms with Crippen molar-refractivity contribution in [1.29, 1.82) is 0 Å². The number of aliphatic hydroxyl groups is 2. The molecule has 2 atom stereocenters. The summed E-state index contributed by atoms with van der Waals surface area (Å²) in [6.45, 7) is 4.57. The van der Waals surface area contributed by atoms with E-state index < -0.39 is 17.0 Å². The zero-order valence-electron chi connectivity index (χ0n) is 23.5. The van der Waals surface area contributed by atoms with Gasteiger partial charge in [0.15, 0.2) is 0 Å². The molecule has 42 heavy (non-hydrogen) atoms. The molecule has 1 aliphatic heterocycles. The molecule has 2 aromatic carbocycles. The Bertz CT molecular complexity index is 1620. The molecule has 3 heterocycles. The van der Waals surface area contributed by atoms with Gasteiger partial charge in [-0.2, -0.15) is 0 Å². The lowest BCUT2D eigenvalue weighted by Gasteiger charge is -2.31. The number of carboxylic acid groups (broad SMARTS) is 1. The Hall–Kier alpha value is -3.55. The van der Waals surface area contributed by atoms with Gasteiger partial charge >= 0.3 is 5.97 Å². The summed E-state index contributed by atoms with van der Waals surface area (Å²) >= 11 is 2.88. The molecule has 3 N–H and O–H groups in total. The van der Waals surface area contributed by atoms with E-state index in [1.54, 1.807) is 30.5 Å². The number of hydrogen-bond acceptors (Lipinski definition) is 8. The maximum absolute atomic E-state index is 11.2. The van der Waals surface area contributed by atoms with E-state index in [-0.39, 0.29) is 12.3 Å². The van der Waals surface area contributed by atoms with Crippen LogP contribution >= 0.6 is 23.1 Å².